The molecule has 1 aromatic heterocycles. The first kappa shape index (κ1) is 23.1. The van der Waals surface area contributed by atoms with E-state index >= 15 is 0 Å². The minimum absolute atomic E-state index is 0.0254. The molecule has 0 bridgehead atoms. The van der Waals surface area contributed by atoms with Gasteiger partial charge in [0.25, 0.3) is 0 Å². The Labute approximate surface area is 190 Å². The molecular formula is C22H24ClFN4O2S. The highest BCUT2D eigenvalue weighted by molar-refractivity contribution is 7.99. The molecule has 164 valence electrons. The number of hydrogen-bond donors (Lipinski definition) is 1. The second-order valence-electron chi connectivity index (χ2n) is 7.29. The summed E-state index contributed by atoms with van der Waals surface area (Å²) < 4.78 is 21.6. The molecule has 0 spiro atoms. The number of hydrogen-bond acceptors (Lipinski definition) is 5. The summed E-state index contributed by atoms with van der Waals surface area (Å²) in [6, 6.07) is 11.6. The Morgan fingerprint density at radius 1 is 1.23 bits per heavy atom. The van der Waals surface area contributed by atoms with Gasteiger partial charge >= 0.3 is 0 Å². The Balaban J connectivity index is 1.70. The number of benzene rings is 2. The molecule has 0 aliphatic rings. The highest BCUT2D eigenvalue weighted by atomic mass is 35.5. The molecule has 0 fully saturated rings. The normalized spacial score (nSPS) is 12.1. The number of carbonyl (C=O) groups excluding carboxylic acids is 1. The van der Waals surface area contributed by atoms with Crippen molar-refractivity contribution in [2.75, 3.05) is 11.1 Å². The molecule has 1 heterocycles. The number of amides is 1. The summed E-state index contributed by atoms with van der Waals surface area (Å²) in [5.41, 5.74) is 1.60. The lowest BCUT2D eigenvalue weighted by molar-refractivity contribution is -0.113. The van der Waals surface area contributed by atoms with E-state index in [0.29, 0.717) is 21.7 Å². The molecule has 9 heteroatoms. The van der Waals surface area contributed by atoms with Gasteiger partial charge in [-0.15, -0.1) is 10.2 Å². The lowest BCUT2D eigenvalue weighted by Gasteiger charge is -2.19. The van der Waals surface area contributed by atoms with Crippen LogP contribution in [0.4, 0.5) is 10.1 Å². The monoisotopic (exact) mass is 462 g/mol. The number of anilines is 1. The Kier molecular flexibility index (Phi) is 7.56. The van der Waals surface area contributed by atoms with Crippen LogP contribution in [-0.4, -0.2) is 26.4 Å². The van der Waals surface area contributed by atoms with E-state index in [1.165, 1.54) is 17.8 Å². The summed E-state index contributed by atoms with van der Waals surface area (Å²) in [5.74, 6) is 0.253. The number of rotatable bonds is 8. The smallest absolute Gasteiger partial charge is 0.234 e. The summed E-state index contributed by atoms with van der Waals surface area (Å²) in [7, 11) is 0. The van der Waals surface area contributed by atoms with Crippen LogP contribution in [0.3, 0.4) is 0 Å². The molecule has 0 saturated carbocycles. The van der Waals surface area contributed by atoms with Gasteiger partial charge in [0.2, 0.25) is 5.91 Å². The number of carbonyl (C=O) groups is 1. The first-order valence-corrected chi connectivity index (χ1v) is 11.2. The van der Waals surface area contributed by atoms with Crippen molar-refractivity contribution < 1.29 is 13.9 Å². The minimum Gasteiger partial charge on any atom is -0.480 e. The van der Waals surface area contributed by atoms with Gasteiger partial charge in [-0.2, -0.15) is 0 Å². The van der Waals surface area contributed by atoms with E-state index in [1.807, 2.05) is 31.4 Å². The number of para-hydroxylation sites is 1. The molecule has 3 aromatic rings. The van der Waals surface area contributed by atoms with Crippen LogP contribution in [-0.2, 0) is 4.79 Å². The van der Waals surface area contributed by atoms with Crippen LogP contribution >= 0.6 is 23.4 Å². The topological polar surface area (TPSA) is 69.0 Å². The van der Waals surface area contributed by atoms with Gasteiger partial charge in [0.15, 0.2) is 28.7 Å². The predicted octanol–water partition coefficient (Wildman–Crippen LogP) is 5.83. The average molecular weight is 463 g/mol. The van der Waals surface area contributed by atoms with Crippen molar-refractivity contribution in [3.05, 3.63) is 64.7 Å². The van der Waals surface area contributed by atoms with Crippen molar-refractivity contribution in [3.63, 3.8) is 0 Å². The second kappa shape index (κ2) is 10.2. The van der Waals surface area contributed by atoms with Crippen LogP contribution < -0.4 is 10.1 Å². The van der Waals surface area contributed by atoms with Crippen molar-refractivity contribution in [3.8, 4) is 5.75 Å². The van der Waals surface area contributed by atoms with Gasteiger partial charge in [0, 0.05) is 16.8 Å². The number of nitrogens with zero attached hydrogens (tertiary/aromatic N) is 3. The van der Waals surface area contributed by atoms with Crippen LogP contribution in [0.2, 0.25) is 5.02 Å². The fraction of sp³-hybridized carbons (Fsp3) is 0.318. The molecule has 1 unspecified atom stereocenters. The number of aromatic nitrogens is 3. The average Bonchev–Trinajstić information content (AvgIpc) is 3.15. The van der Waals surface area contributed by atoms with Crippen LogP contribution in [0, 0.1) is 12.7 Å². The summed E-state index contributed by atoms with van der Waals surface area (Å²) in [6.07, 6.45) is -0.524. The van der Waals surface area contributed by atoms with E-state index in [2.05, 4.69) is 15.5 Å². The minimum atomic E-state index is -0.524. The van der Waals surface area contributed by atoms with Crippen LogP contribution in [0.15, 0.2) is 47.6 Å². The third-order valence-electron chi connectivity index (χ3n) is 4.52. The lowest BCUT2D eigenvalue weighted by atomic mass is 10.2. The second-order valence-corrected chi connectivity index (χ2v) is 8.67. The SMILES string of the molecule is Cc1ccc(Cl)cc1NC(=O)CSc1nnc(C(C)Oc2ccccc2F)n1C(C)C. The zero-order valence-corrected chi connectivity index (χ0v) is 19.3. The molecule has 0 aliphatic carbocycles. The molecular weight excluding hydrogens is 439 g/mol. The van der Waals surface area contributed by atoms with Crippen molar-refractivity contribution >= 4 is 35.0 Å². The standard InChI is InChI=1S/C22H24ClFN4O2S/c1-13(2)28-21(15(4)30-19-8-6-5-7-17(19)24)26-27-22(28)31-12-20(29)25-18-11-16(23)10-9-14(18)3/h5-11,13,15H,12H2,1-4H3,(H,25,29). The molecule has 6 nitrogen and oxygen atoms in total. The Bertz CT molecular complexity index is 1070. The molecule has 0 saturated heterocycles. The summed E-state index contributed by atoms with van der Waals surface area (Å²) in [4.78, 5) is 12.5. The molecule has 1 amide bonds. The molecule has 1 N–H and O–H groups in total. The molecule has 2 aromatic carbocycles. The van der Waals surface area contributed by atoms with Gasteiger partial charge in [-0.25, -0.2) is 4.39 Å². The highest BCUT2D eigenvalue weighted by Crippen LogP contribution is 2.29. The van der Waals surface area contributed by atoms with E-state index in [4.69, 9.17) is 16.3 Å². The molecule has 3 rings (SSSR count). The Hall–Kier alpha value is -2.58. The predicted molar refractivity (Wildman–Crippen MR) is 121 cm³/mol. The van der Waals surface area contributed by atoms with Crippen LogP contribution in [0.5, 0.6) is 5.75 Å². The van der Waals surface area contributed by atoms with Crippen molar-refractivity contribution in [2.45, 2.75) is 45.0 Å². The van der Waals surface area contributed by atoms with E-state index in [0.717, 1.165) is 5.56 Å². The maximum atomic E-state index is 13.9. The van der Waals surface area contributed by atoms with Gasteiger partial charge in [-0.3, -0.25) is 4.79 Å². The third kappa shape index (κ3) is 5.77. The molecule has 0 radical (unpaired) electrons. The fourth-order valence-corrected chi connectivity index (χ4v) is 4.02. The van der Waals surface area contributed by atoms with Crippen molar-refractivity contribution in [1.82, 2.24) is 14.8 Å². The quantitative estimate of drug-likeness (QED) is 0.426. The summed E-state index contributed by atoms with van der Waals surface area (Å²) in [5, 5.41) is 12.5. The Morgan fingerprint density at radius 2 is 1.97 bits per heavy atom. The number of halogens is 2. The van der Waals surface area contributed by atoms with Crippen molar-refractivity contribution in [2.24, 2.45) is 0 Å². The maximum Gasteiger partial charge on any atom is 0.234 e. The van der Waals surface area contributed by atoms with Gasteiger partial charge in [-0.1, -0.05) is 41.6 Å². The lowest BCUT2D eigenvalue weighted by Crippen LogP contribution is -2.17. The first-order chi connectivity index (χ1) is 14.8. The van der Waals surface area contributed by atoms with Crippen LogP contribution in [0.1, 0.15) is 44.3 Å². The van der Waals surface area contributed by atoms with E-state index in [1.54, 1.807) is 37.3 Å². The van der Waals surface area contributed by atoms with Gasteiger partial charge < -0.3 is 14.6 Å². The summed E-state index contributed by atoms with van der Waals surface area (Å²) >= 11 is 7.29. The molecule has 0 aliphatic heterocycles. The van der Waals surface area contributed by atoms with Crippen molar-refractivity contribution in [1.29, 1.82) is 0 Å². The number of nitrogens with one attached hydrogen (secondary N) is 1. The molecule has 1 atom stereocenters. The zero-order valence-electron chi connectivity index (χ0n) is 17.7. The largest absolute Gasteiger partial charge is 0.480 e. The third-order valence-corrected chi connectivity index (χ3v) is 5.70. The van der Waals surface area contributed by atoms with Gasteiger partial charge in [0.05, 0.1) is 5.75 Å². The van der Waals surface area contributed by atoms with Gasteiger partial charge in [0.1, 0.15) is 0 Å². The number of aryl methyl sites for hydroxylation is 1. The molecule has 31 heavy (non-hydrogen) atoms. The van der Waals surface area contributed by atoms with Gasteiger partial charge in [-0.05, 0) is 57.5 Å². The first-order valence-electron chi connectivity index (χ1n) is 9.81. The number of ether oxygens (including phenoxy) is 1. The van der Waals surface area contributed by atoms with E-state index < -0.39 is 11.9 Å². The zero-order chi connectivity index (χ0) is 22.5. The maximum absolute atomic E-state index is 13.9. The number of thioether (sulfide) groups is 1. The fourth-order valence-electron chi connectivity index (χ4n) is 2.98. The summed E-state index contributed by atoms with van der Waals surface area (Å²) in [6.45, 7) is 7.67. The van der Waals surface area contributed by atoms with E-state index in [9.17, 15) is 9.18 Å². The van der Waals surface area contributed by atoms with Crippen LogP contribution in [0.25, 0.3) is 0 Å². The van der Waals surface area contributed by atoms with E-state index in [-0.39, 0.29) is 23.5 Å². The highest BCUT2D eigenvalue weighted by Gasteiger charge is 2.23. The Morgan fingerprint density at radius 3 is 2.68 bits per heavy atom.